The smallest absolute Gasteiger partial charge is 0.162 e. The van der Waals surface area contributed by atoms with Crippen LogP contribution in [-0.2, 0) is 6.54 Å². The minimum Gasteiger partial charge on any atom is -0.493 e. The van der Waals surface area contributed by atoms with E-state index in [9.17, 15) is 0 Å². The molecule has 0 aliphatic rings. The Balaban J connectivity index is 2.85. The van der Waals surface area contributed by atoms with Crippen LogP contribution < -0.4 is 14.8 Å². The first-order valence-electron chi connectivity index (χ1n) is 5.76. The molecule has 17 heavy (non-hydrogen) atoms. The summed E-state index contributed by atoms with van der Waals surface area (Å²) in [6.45, 7) is 5.02. The van der Waals surface area contributed by atoms with Crippen molar-refractivity contribution in [3.8, 4) is 11.5 Å². The summed E-state index contributed by atoms with van der Waals surface area (Å²) in [6.07, 6.45) is 1.09. The Bertz CT molecular complexity index is 369. The van der Waals surface area contributed by atoms with Gasteiger partial charge in [0.1, 0.15) is 0 Å². The standard InChI is InChI=1S/C13H20ClNO2/c1-5-9(2)15-8-10-6-12(16-3)13(17-4)7-11(10)14/h6-7,9,15H,5,8H2,1-4H3. The van der Waals surface area contributed by atoms with Gasteiger partial charge in [-0.25, -0.2) is 0 Å². The molecule has 0 spiro atoms. The minimum atomic E-state index is 0.471. The fourth-order valence-corrected chi connectivity index (χ4v) is 1.68. The summed E-state index contributed by atoms with van der Waals surface area (Å²) in [7, 11) is 3.23. The molecular formula is C13H20ClNO2. The Hall–Kier alpha value is -0.930. The zero-order chi connectivity index (χ0) is 12.8. The molecule has 1 atom stereocenters. The molecule has 0 saturated heterocycles. The third kappa shape index (κ3) is 3.79. The van der Waals surface area contributed by atoms with Gasteiger partial charge in [0.05, 0.1) is 14.2 Å². The molecule has 3 nitrogen and oxygen atoms in total. The first-order chi connectivity index (χ1) is 8.12. The number of methoxy groups -OCH3 is 2. The van der Waals surface area contributed by atoms with Gasteiger partial charge in [0.2, 0.25) is 0 Å². The van der Waals surface area contributed by atoms with Gasteiger partial charge < -0.3 is 14.8 Å². The topological polar surface area (TPSA) is 30.5 Å². The van der Waals surface area contributed by atoms with Crippen LogP contribution in [0.5, 0.6) is 11.5 Å². The van der Waals surface area contributed by atoms with Crippen LogP contribution in [0.25, 0.3) is 0 Å². The fraction of sp³-hybridized carbons (Fsp3) is 0.538. The van der Waals surface area contributed by atoms with Gasteiger partial charge in [0.25, 0.3) is 0 Å². The van der Waals surface area contributed by atoms with Crippen LogP contribution in [0.4, 0.5) is 0 Å². The predicted octanol–water partition coefficient (Wildman–Crippen LogP) is 3.25. The number of rotatable bonds is 6. The van der Waals surface area contributed by atoms with Gasteiger partial charge >= 0.3 is 0 Å². The summed E-state index contributed by atoms with van der Waals surface area (Å²) < 4.78 is 10.4. The molecule has 1 aromatic carbocycles. The van der Waals surface area contributed by atoms with Crippen molar-refractivity contribution in [1.82, 2.24) is 5.32 Å². The Morgan fingerprint density at radius 1 is 1.24 bits per heavy atom. The second-order valence-electron chi connectivity index (χ2n) is 3.99. The number of hydrogen-bond acceptors (Lipinski definition) is 3. The van der Waals surface area contributed by atoms with E-state index in [1.165, 1.54) is 0 Å². The van der Waals surface area contributed by atoms with Crippen molar-refractivity contribution in [2.24, 2.45) is 0 Å². The van der Waals surface area contributed by atoms with Crippen LogP contribution in [0.15, 0.2) is 12.1 Å². The fourth-order valence-electron chi connectivity index (χ4n) is 1.46. The van der Waals surface area contributed by atoms with Gasteiger partial charge in [-0.15, -0.1) is 0 Å². The van der Waals surface area contributed by atoms with Crippen molar-refractivity contribution in [2.45, 2.75) is 32.9 Å². The molecule has 1 aromatic rings. The zero-order valence-electron chi connectivity index (χ0n) is 10.8. The SMILES string of the molecule is CCC(C)NCc1cc(OC)c(OC)cc1Cl. The van der Waals surface area contributed by atoms with E-state index < -0.39 is 0 Å². The monoisotopic (exact) mass is 257 g/mol. The van der Waals surface area contributed by atoms with E-state index in [0.29, 0.717) is 22.6 Å². The van der Waals surface area contributed by atoms with Crippen LogP contribution in [0.3, 0.4) is 0 Å². The molecule has 1 rings (SSSR count). The number of ether oxygens (including phenoxy) is 2. The van der Waals surface area contributed by atoms with Crippen LogP contribution in [-0.4, -0.2) is 20.3 Å². The summed E-state index contributed by atoms with van der Waals surface area (Å²) in [4.78, 5) is 0. The Morgan fingerprint density at radius 3 is 2.35 bits per heavy atom. The quantitative estimate of drug-likeness (QED) is 0.849. The van der Waals surface area contributed by atoms with Gasteiger partial charge in [-0.3, -0.25) is 0 Å². The van der Waals surface area contributed by atoms with E-state index in [2.05, 4.69) is 19.2 Å². The van der Waals surface area contributed by atoms with Crippen molar-refractivity contribution in [3.05, 3.63) is 22.7 Å². The third-order valence-corrected chi connectivity index (χ3v) is 3.16. The summed E-state index contributed by atoms with van der Waals surface area (Å²) in [5.41, 5.74) is 1.02. The van der Waals surface area contributed by atoms with Crippen molar-refractivity contribution in [1.29, 1.82) is 0 Å². The molecule has 0 amide bonds. The van der Waals surface area contributed by atoms with E-state index in [0.717, 1.165) is 18.5 Å². The average Bonchev–Trinajstić information content (AvgIpc) is 2.36. The number of halogens is 1. The highest BCUT2D eigenvalue weighted by atomic mass is 35.5. The van der Waals surface area contributed by atoms with Crippen molar-refractivity contribution in [2.75, 3.05) is 14.2 Å². The number of benzene rings is 1. The number of hydrogen-bond donors (Lipinski definition) is 1. The first-order valence-corrected chi connectivity index (χ1v) is 6.13. The van der Waals surface area contributed by atoms with Crippen LogP contribution in [0, 0.1) is 0 Å². The third-order valence-electron chi connectivity index (χ3n) is 2.81. The molecule has 0 bridgehead atoms. The molecule has 0 aromatic heterocycles. The molecule has 4 heteroatoms. The molecule has 0 heterocycles. The predicted molar refractivity (Wildman–Crippen MR) is 71.1 cm³/mol. The summed E-state index contributed by atoms with van der Waals surface area (Å²) in [6, 6.07) is 4.17. The molecule has 0 aliphatic heterocycles. The van der Waals surface area contributed by atoms with Crippen molar-refractivity contribution >= 4 is 11.6 Å². The maximum Gasteiger partial charge on any atom is 0.162 e. The Labute approximate surface area is 108 Å². The largest absolute Gasteiger partial charge is 0.493 e. The normalized spacial score (nSPS) is 12.3. The second kappa shape index (κ2) is 6.72. The van der Waals surface area contributed by atoms with Crippen LogP contribution in [0.1, 0.15) is 25.8 Å². The van der Waals surface area contributed by atoms with Gasteiger partial charge in [-0.2, -0.15) is 0 Å². The van der Waals surface area contributed by atoms with Crippen LogP contribution >= 0.6 is 11.6 Å². The zero-order valence-corrected chi connectivity index (χ0v) is 11.6. The van der Waals surface area contributed by atoms with E-state index in [-0.39, 0.29) is 0 Å². The molecule has 96 valence electrons. The molecule has 0 saturated carbocycles. The highest BCUT2D eigenvalue weighted by Crippen LogP contribution is 2.32. The van der Waals surface area contributed by atoms with Gasteiger partial charge in [0, 0.05) is 23.7 Å². The van der Waals surface area contributed by atoms with Crippen molar-refractivity contribution < 1.29 is 9.47 Å². The Kier molecular flexibility index (Phi) is 5.59. The highest BCUT2D eigenvalue weighted by molar-refractivity contribution is 6.31. The highest BCUT2D eigenvalue weighted by Gasteiger charge is 2.10. The lowest BCUT2D eigenvalue weighted by Crippen LogP contribution is -2.24. The lowest BCUT2D eigenvalue weighted by atomic mass is 10.1. The van der Waals surface area contributed by atoms with Crippen LogP contribution in [0.2, 0.25) is 5.02 Å². The Morgan fingerprint density at radius 2 is 1.82 bits per heavy atom. The first kappa shape index (κ1) is 14.1. The van der Waals surface area contributed by atoms with E-state index in [4.69, 9.17) is 21.1 Å². The van der Waals surface area contributed by atoms with Gasteiger partial charge in [-0.05, 0) is 25.0 Å². The average molecular weight is 258 g/mol. The maximum absolute atomic E-state index is 6.19. The lowest BCUT2D eigenvalue weighted by molar-refractivity contribution is 0.354. The maximum atomic E-state index is 6.19. The molecular weight excluding hydrogens is 238 g/mol. The molecule has 1 N–H and O–H groups in total. The minimum absolute atomic E-state index is 0.471. The molecule has 0 radical (unpaired) electrons. The lowest BCUT2D eigenvalue weighted by Gasteiger charge is -2.14. The summed E-state index contributed by atoms with van der Waals surface area (Å²) >= 11 is 6.19. The van der Waals surface area contributed by atoms with E-state index >= 15 is 0 Å². The van der Waals surface area contributed by atoms with E-state index in [1.54, 1.807) is 20.3 Å². The van der Waals surface area contributed by atoms with Crippen molar-refractivity contribution in [3.63, 3.8) is 0 Å². The molecule has 1 unspecified atom stereocenters. The number of nitrogens with one attached hydrogen (secondary N) is 1. The molecule has 0 fully saturated rings. The summed E-state index contributed by atoms with van der Waals surface area (Å²) in [5, 5.41) is 4.09. The van der Waals surface area contributed by atoms with Gasteiger partial charge in [-0.1, -0.05) is 18.5 Å². The van der Waals surface area contributed by atoms with Gasteiger partial charge in [0.15, 0.2) is 11.5 Å². The summed E-state index contributed by atoms with van der Waals surface area (Å²) in [5.74, 6) is 1.36. The second-order valence-corrected chi connectivity index (χ2v) is 4.40. The molecule has 0 aliphatic carbocycles. The van der Waals surface area contributed by atoms with E-state index in [1.807, 2.05) is 6.07 Å².